The second-order valence-electron chi connectivity index (χ2n) is 7.61. The van der Waals surface area contributed by atoms with E-state index in [1.807, 2.05) is 44.2 Å². The lowest BCUT2D eigenvalue weighted by molar-refractivity contribution is -0.118. The molecule has 0 bridgehead atoms. The van der Waals surface area contributed by atoms with Crippen molar-refractivity contribution >= 4 is 11.6 Å². The van der Waals surface area contributed by atoms with Crippen LogP contribution in [0.15, 0.2) is 36.5 Å². The number of hydrogen-bond acceptors (Lipinski definition) is 4. The maximum absolute atomic E-state index is 12.7. The van der Waals surface area contributed by atoms with Crippen molar-refractivity contribution in [1.29, 1.82) is 0 Å². The molecule has 2 aromatic rings. The van der Waals surface area contributed by atoms with Crippen LogP contribution in [0.5, 0.6) is 11.6 Å². The number of carbonyl (C=O) groups is 1. The predicted octanol–water partition coefficient (Wildman–Crippen LogP) is 3.82. The fourth-order valence-corrected chi connectivity index (χ4v) is 3.89. The van der Waals surface area contributed by atoms with Crippen molar-refractivity contribution in [2.75, 3.05) is 18.4 Å². The summed E-state index contributed by atoms with van der Waals surface area (Å²) in [7, 11) is 0. The molecule has 1 spiro atoms. The predicted molar refractivity (Wildman–Crippen MR) is 102 cm³/mol. The molecule has 26 heavy (non-hydrogen) atoms. The van der Waals surface area contributed by atoms with Crippen LogP contribution in [0.25, 0.3) is 0 Å². The van der Waals surface area contributed by atoms with Crippen LogP contribution in [-0.2, 0) is 4.79 Å². The molecule has 1 aromatic heterocycles. The van der Waals surface area contributed by atoms with E-state index in [0.29, 0.717) is 11.6 Å². The van der Waals surface area contributed by atoms with Crippen molar-refractivity contribution in [3.8, 4) is 11.6 Å². The number of piperidine rings is 1. The Hall–Kier alpha value is -2.40. The first kappa shape index (κ1) is 17.0. The van der Waals surface area contributed by atoms with Gasteiger partial charge in [-0.05, 0) is 74.9 Å². The number of aromatic nitrogens is 1. The molecule has 5 heteroatoms. The van der Waals surface area contributed by atoms with Crippen LogP contribution in [0.4, 0.5) is 5.69 Å². The Morgan fingerprint density at radius 1 is 1.23 bits per heavy atom. The highest BCUT2D eigenvalue weighted by molar-refractivity contribution is 5.95. The van der Waals surface area contributed by atoms with Gasteiger partial charge >= 0.3 is 0 Å². The molecule has 2 aliphatic rings. The van der Waals surface area contributed by atoms with E-state index in [4.69, 9.17) is 4.74 Å². The molecule has 1 atom stereocenters. The van der Waals surface area contributed by atoms with Crippen molar-refractivity contribution in [3.63, 3.8) is 0 Å². The molecule has 0 radical (unpaired) electrons. The number of rotatable bonds is 4. The lowest BCUT2D eigenvalue weighted by atomic mass is 9.92. The molecule has 1 aromatic carbocycles. The molecule has 1 unspecified atom stereocenters. The number of nitrogens with one attached hydrogen (secondary N) is 2. The minimum Gasteiger partial charge on any atom is -0.439 e. The van der Waals surface area contributed by atoms with Gasteiger partial charge in [0.25, 0.3) is 0 Å². The molecule has 1 saturated carbocycles. The van der Waals surface area contributed by atoms with E-state index in [0.717, 1.165) is 49.2 Å². The zero-order chi connectivity index (χ0) is 18.1. The number of amides is 1. The minimum absolute atomic E-state index is 0.135. The summed E-state index contributed by atoms with van der Waals surface area (Å²) < 4.78 is 5.93. The third-order valence-corrected chi connectivity index (χ3v) is 5.67. The first-order chi connectivity index (χ1) is 12.6. The van der Waals surface area contributed by atoms with E-state index in [1.54, 1.807) is 6.20 Å². The molecule has 1 aliphatic heterocycles. The number of ether oxygens (including phenoxy) is 1. The number of nitrogens with zero attached hydrogens (tertiary/aromatic N) is 1. The fourth-order valence-electron chi connectivity index (χ4n) is 3.89. The van der Waals surface area contributed by atoms with Gasteiger partial charge in [0.05, 0.1) is 0 Å². The number of carbonyl (C=O) groups excluding carboxylic acids is 1. The Labute approximate surface area is 154 Å². The zero-order valence-corrected chi connectivity index (χ0v) is 15.3. The van der Waals surface area contributed by atoms with Gasteiger partial charge in [-0.1, -0.05) is 6.07 Å². The molecular weight excluding hydrogens is 326 g/mol. The smallest absolute Gasteiger partial charge is 0.228 e. The molecular formula is C21H25N3O2. The maximum Gasteiger partial charge on any atom is 0.228 e. The minimum atomic E-state index is 0.135. The highest BCUT2D eigenvalue weighted by atomic mass is 16.5. The van der Waals surface area contributed by atoms with Gasteiger partial charge in [0.15, 0.2) is 0 Å². The molecule has 2 N–H and O–H groups in total. The monoisotopic (exact) mass is 351 g/mol. The molecule has 2 fully saturated rings. The van der Waals surface area contributed by atoms with Crippen LogP contribution >= 0.6 is 0 Å². The van der Waals surface area contributed by atoms with Crippen LogP contribution < -0.4 is 15.4 Å². The lowest BCUT2D eigenvalue weighted by Crippen LogP contribution is -2.31. The van der Waals surface area contributed by atoms with E-state index in [9.17, 15) is 4.79 Å². The van der Waals surface area contributed by atoms with Gasteiger partial charge in [-0.3, -0.25) is 4.79 Å². The number of benzene rings is 1. The summed E-state index contributed by atoms with van der Waals surface area (Å²) in [5.41, 5.74) is 3.12. The molecule has 1 saturated heterocycles. The average molecular weight is 351 g/mol. The van der Waals surface area contributed by atoms with E-state index >= 15 is 0 Å². The van der Waals surface area contributed by atoms with E-state index in [-0.39, 0.29) is 17.2 Å². The van der Waals surface area contributed by atoms with Gasteiger partial charge in [0.2, 0.25) is 11.8 Å². The van der Waals surface area contributed by atoms with Crippen molar-refractivity contribution in [1.82, 2.24) is 10.3 Å². The second-order valence-corrected chi connectivity index (χ2v) is 7.61. The molecule has 136 valence electrons. The van der Waals surface area contributed by atoms with E-state index in [2.05, 4.69) is 15.6 Å². The highest BCUT2D eigenvalue weighted by Crippen LogP contribution is 2.58. The van der Waals surface area contributed by atoms with Crippen LogP contribution in [-0.4, -0.2) is 24.0 Å². The Bertz CT molecular complexity index is 828. The number of aryl methyl sites for hydroxylation is 2. The topological polar surface area (TPSA) is 63.2 Å². The average Bonchev–Trinajstić information content (AvgIpc) is 3.32. The van der Waals surface area contributed by atoms with Crippen molar-refractivity contribution in [2.24, 2.45) is 11.3 Å². The third kappa shape index (κ3) is 3.44. The molecule has 4 rings (SSSR count). The Balaban J connectivity index is 1.45. The standard InChI is InChI=1S/C21H25N3O2/c1-14-5-8-23-19(11-14)26-18-12-16(4-3-15(18)2)24-20(25)17-13-21(17)6-9-22-10-7-21/h3-5,8,11-12,17,22H,6-7,9-10,13H2,1-2H3,(H,24,25). The number of hydrogen-bond donors (Lipinski definition) is 2. The summed E-state index contributed by atoms with van der Waals surface area (Å²) in [5, 5.41) is 6.46. The summed E-state index contributed by atoms with van der Waals surface area (Å²) in [5.74, 6) is 1.56. The number of pyridine rings is 1. The van der Waals surface area contributed by atoms with E-state index < -0.39 is 0 Å². The molecule has 1 amide bonds. The van der Waals surface area contributed by atoms with Crippen LogP contribution in [0.1, 0.15) is 30.4 Å². The van der Waals surface area contributed by atoms with Gasteiger partial charge in [-0.25, -0.2) is 4.98 Å². The summed E-state index contributed by atoms with van der Waals surface area (Å²) in [6.07, 6.45) is 4.96. The summed E-state index contributed by atoms with van der Waals surface area (Å²) in [6, 6.07) is 9.61. The third-order valence-electron chi connectivity index (χ3n) is 5.67. The molecule has 2 heterocycles. The Morgan fingerprint density at radius 2 is 2.04 bits per heavy atom. The van der Waals surface area contributed by atoms with Gasteiger partial charge < -0.3 is 15.4 Å². The first-order valence-corrected chi connectivity index (χ1v) is 9.28. The Kier molecular flexibility index (Phi) is 4.41. The second kappa shape index (κ2) is 6.72. The summed E-state index contributed by atoms with van der Waals surface area (Å²) in [6.45, 7) is 6.04. The van der Waals surface area contributed by atoms with Gasteiger partial charge in [-0.2, -0.15) is 0 Å². The van der Waals surface area contributed by atoms with Gasteiger partial charge in [0.1, 0.15) is 5.75 Å². The first-order valence-electron chi connectivity index (χ1n) is 9.28. The van der Waals surface area contributed by atoms with Gasteiger partial charge in [-0.15, -0.1) is 0 Å². The lowest BCUT2D eigenvalue weighted by Gasteiger charge is -2.23. The fraction of sp³-hybridized carbons (Fsp3) is 0.429. The SMILES string of the molecule is Cc1ccnc(Oc2cc(NC(=O)C3CC34CCNCC4)ccc2C)c1. The molecule has 5 nitrogen and oxygen atoms in total. The Morgan fingerprint density at radius 3 is 2.81 bits per heavy atom. The normalized spacial score (nSPS) is 20.6. The highest BCUT2D eigenvalue weighted by Gasteiger charge is 2.57. The summed E-state index contributed by atoms with van der Waals surface area (Å²) in [4.78, 5) is 16.9. The van der Waals surface area contributed by atoms with Crippen LogP contribution in [0.2, 0.25) is 0 Å². The van der Waals surface area contributed by atoms with Crippen molar-refractivity contribution < 1.29 is 9.53 Å². The molecule has 1 aliphatic carbocycles. The van der Waals surface area contributed by atoms with Gasteiger partial charge in [0, 0.05) is 29.9 Å². The van der Waals surface area contributed by atoms with Crippen molar-refractivity contribution in [2.45, 2.75) is 33.1 Å². The quantitative estimate of drug-likeness (QED) is 0.879. The largest absolute Gasteiger partial charge is 0.439 e. The maximum atomic E-state index is 12.7. The van der Waals surface area contributed by atoms with Crippen molar-refractivity contribution in [3.05, 3.63) is 47.7 Å². The van der Waals surface area contributed by atoms with E-state index in [1.165, 1.54) is 0 Å². The number of anilines is 1. The van der Waals surface area contributed by atoms with Crippen LogP contribution in [0, 0.1) is 25.2 Å². The zero-order valence-electron chi connectivity index (χ0n) is 15.3. The van der Waals surface area contributed by atoms with Crippen LogP contribution in [0.3, 0.4) is 0 Å². The summed E-state index contributed by atoms with van der Waals surface area (Å²) >= 11 is 0.